The first-order chi connectivity index (χ1) is 8.45. The normalized spacial score (nSPS) is 19.6. The average molecular weight is 251 g/mol. The van der Waals surface area contributed by atoms with Crippen LogP contribution in [0.25, 0.3) is 0 Å². The van der Waals surface area contributed by atoms with E-state index in [0.717, 1.165) is 32.2 Å². The van der Waals surface area contributed by atoms with Crippen LogP contribution in [0.5, 0.6) is 0 Å². The average Bonchev–Trinajstić information content (AvgIpc) is 2.88. The van der Waals surface area contributed by atoms with E-state index in [4.69, 9.17) is 4.74 Å². The summed E-state index contributed by atoms with van der Waals surface area (Å²) in [5.74, 6) is 2.60. The highest BCUT2D eigenvalue weighted by Gasteiger charge is 2.13. The van der Waals surface area contributed by atoms with E-state index in [0.29, 0.717) is 0 Å². The lowest BCUT2D eigenvalue weighted by Gasteiger charge is -2.10. The Bertz CT molecular complexity index is 298. The van der Waals surface area contributed by atoms with Gasteiger partial charge in [-0.2, -0.15) is 11.8 Å². The molecule has 1 heterocycles. The lowest BCUT2D eigenvalue weighted by Crippen LogP contribution is -2.30. The van der Waals surface area contributed by atoms with E-state index in [1.807, 2.05) is 6.07 Å². The number of rotatable bonds is 7. The molecule has 0 radical (unpaired) electrons. The second kappa shape index (κ2) is 7.75. The highest BCUT2D eigenvalue weighted by Crippen LogP contribution is 2.16. The van der Waals surface area contributed by atoms with Gasteiger partial charge in [-0.1, -0.05) is 30.3 Å². The predicted octanol–water partition coefficient (Wildman–Crippen LogP) is 2.69. The van der Waals surface area contributed by atoms with E-state index < -0.39 is 0 Å². The maximum atomic E-state index is 5.64. The van der Waals surface area contributed by atoms with Crippen molar-refractivity contribution in [3.8, 4) is 0 Å². The molecule has 1 saturated heterocycles. The Hall–Kier alpha value is -0.510. The zero-order valence-electron chi connectivity index (χ0n) is 10.2. The second-order valence-electron chi connectivity index (χ2n) is 4.41. The van der Waals surface area contributed by atoms with Crippen molar-refractivity contribution >= 4 is 11.8 Å². The molecule has 1 aliphatic rings. The van der Waals surface area contributed by atoms with Crippen molar-refractivity contribution in [3.05, 3.63) is 35.9 Å². The van der Waals surface area contributed by atoms with Crippen LogP contribution >= 0.6 is 11.8 Å². The molecule has 1 aliphatic heterocycles. The largest absolute Gasteiger partial charge is 0.377 e. The van der Waals surface area contributed by atoms with Crippen molar-refractivity contribution in [2.45, 2.75) is 25.5 Å². The molecular formula is C14H21NOS. The number of thioether (sulfide) groups is 1. The van der Waals surface area contributed by atoms with Gasteiger partial charge in [-0.15, -0.1) is 0 Å². The number of ether oxygens (including phenoxy) is 1. The van der Waals surface area contributed by atoms with Crippen LogP contribution in [0.2, 0.25) is 0 Å². The standard InChI is InChI=1S/C14H21NOS/c1-2-5-13(6-3-1)11-16-9-4-8-15-14-7-10-17-12-14/h1-3,5-6,14-15H,4,7-12H2. The molecule has 3 heteroatoms. The van der Waals surface area contributed by atoms with Crippen molar-refractivity contribution < 1.29 is 4.74 Å². The lowest BCUT2D eigenvalue weighted by atomic mass is 10.2. The highest BCUT2D eigenvalue weighted by molar-refractivity contribution is 7.99. The van der Waals surface area contributed by atoms with Gasteiger partial charge in [0.15, 0.2) is 0 Å². The van der Waals surface area contributed by atoms with Gasteiger partial charge in [-0.3, -0.25) is 0 Å². The second-order valence-corrected chi connectivity index (χ2v) is 5.56. The van der Waals surface area contributed by atoms with E-state index >= 15 is 0 Å². The fourth-order valence-corrected chi connectivity index (χ4v) is 3.13. The lowest BCUT2D eigenvalue weighted by molar-refractivity contribution is 0.118. The number of benzene rings is 1. The van der Waals surface area contributed by atoms with Crippen LogP contribution in [0, 0.1) is 0 Å². The molecule has 1 aromatic rings. The third-order valence-corrected chi connectivity index (χ3v) is 4.10. The van der Waals surface area contributed by atoms with E-state index in [2.05, 4.69) is 41.3 Å². The monoisotopic (exact) mass is 251 g/mol. The zero-order valence-corrected chi connectivity index (χ0v) is 11.0. The summed E-state index contributed by atoms with van der Waals surface area (Å²) in [6.07, 6.45) is 2.43. The molecule has 2 nitrogen and oxygen atoms in total. The first kappa shape index (κ1) is 12.9. The highest BCUT2D eigenvalue weighted by atomic mass is 32.2. The molecule has 0 saturated carbocycles. The van der Waals surface area contributed by atoms with Gasteiger partial charge < -0.3 is 10.1 Å². The third-order valence-electron chi connectivity index (χ3n) is 2.94. The summed E-state index contributed by atoms with van der Waals surface area (Å²) >= 11 is 2.05. The Morgan fingerprint density at radius 3 is 2.94 bits per heavy atom. The van der Waals surface area contributed by atoms with E-state index in [-0.39, 0.29) is 0 Å². The Kier molecular flexibility index (Phi) is 5.89. The van der Waals surface area contributed by atoms with Crippen molar-refractivity contribution in [1.82, 2.24) is 5.32 Å². The van der Waals surface area contributed by atoms with Gasteiger partial charge in [0.1, 0.15) is 0 Å². The number of hydrogen-bond acceptors (Lipinski definition) is 3. The van der Waals surface area contributed by atoms with Gasteiger partial charge in [-0.05, 0) is 30.7 Å². The van der Waals surface area contributed by atoms with Gasteiger partial charge in [-0.25, -0.2) is 0 Å². The smallest absolute Gasteiger partial charge is 0.0716 e. The Morgan fingerprint density at radius 2 is 2.18 bits per heavy atom. The minimum atomic E-state index is 0.736. The predicted molar refractivity (Wildman–Crippen MR) is 74.4 cm³/mol. The number of nitrogens with one attached hydrogen (secondary N) is 1. The third kappa shape index (κ3) is 5.11. The zero-order chi connectivity index (χ0) is 11.8. The van der Waals surface area contributed by atoms with Crippen molar-refractivity contribution in [2.24, 2.45) is 0 Å². The van der Waals surface area contributed by atoms with E-state index in [9.17, 15) is 0 Å². The van der Waals surface area contributed by atoms with E-state index in [1.165, 1.54) is 23.5 Å². The molecule has 1 atom stereocenters. The van der Waals surface area contributed by atoms with Crippen LogP contribution in [0.1, 0.15) is 18.4 Å². The SMILES string of the molecule is c1ccc(COCCCNC2CCSC2)cc1. The molecule has 0 bridgehead atoms. The van der Waals surface area contributed by atoms with Crippen LogP contribution in [0.15, 0.2) is 30.3 Å². The van der Waals surface area contributed by atoms with Crippen molar-refractivity contribution in [3.63, 3.8) is 0 Å². The van der Waals surface area contributed by atoms with Crippen LogP contribution < -0.4 is 5.32 Å². The maximum absolute atomic E-state index is 5.64. The summed E-state index contributed by atoms with van der Waals surface area (Å²) in [6.45, 7) is 2.67. The van der Waals surface area contributed by atoms with Crippen molar-refractivity contribution in [1.29, 1.82) is 0 Å². The van der Waals surface area contributed by atoms with Crippen LogP contribution in [-0.2, 0) is 11.3 Å². The molecule has 17 heavy (non-hydrogen) atoms. The first-order valence-electron chi connectivity index (χ1n) is 6.38. The van der Waals surface area contributed by atoms with Gasteiger partial charge in [0.25, 0.3) is 0 Å². The molecule has 0 aromatic heterocycles. The molecule has 1 unspecified atom stereocenters. The summed E-state index contributed by atoms with van der Waals surface area (Å²) in [7, 11) is 0. The summed E-state index contributed by atoms with van der Waals surface area (Å²) in [6, 6.07) is 11.1. The van der Waals surface area contributed by atoms with Gasteiger partial charge in [0.05, 0.1) is 6.61 Å². The molecule has 0 spiro atoms. The minimum absolute atomic E-state index is 0.736. The van der Waals surface area contributed by atoms with Gasteiger partial charge in [0, 0.05) is 18.4 Å². The fraction of sp³-hybridized carbons (Fsp3) is 0.571. The summed E-state index contributed by atoms with van der Waals surface area (Å²) in [5, 5.41) is 3.58. The Morgan fingerprint density at radius 1 is 1.29 bits per heavy atom. The molecule has 1 fully saturated rings. The topological polar surface area (TPSA) is 21.3 Å². The fourth-order valence-electron chi connectivity index (χ4n) is 1.94. The summed E-state index contributed by atoms with van der Waals surface area (Å²) < 4.78 is 5.64. The molecular weight excluding hydrogens is 230 g/mol. The molecule has 2 rings (SSSR count). The first-order valence-corrected chi connectivity index (χ1v) is 7.53. The van der Waals surface area contributed by atoms with Crippen molar-refractivity contribution in [2.75, 3.05) is 24.7 Å². The molecule has 1 aromatic carbocycles. The quantitative estimate of drug-likeness (QED) is 0.753. The van der Waals surface area contributed by atoms with Crippen LogP contribution in [0.3, 0.4) is 0 Å². The molecule has 94 valence electrons. The minimum Gasteiger partial charge on any atom is -0.377 e. The van der Waals surface area contributed by atoms with Crippen LogP contribution in [0.4, 0.5) is 0 Å². The maximum Gasteiger partial charge on any atom is 0.0716 e. The molecule has 1 N–H and O–H groups in total. The van der Waals surface area contributed by atoms with Gasteiger partial charge >= 0.3 is 0 Å². The summed E-state index contributed by atoms with van der Waals surface area (Å²) in [4.78, 5) is 0. The Labute approximate surface area is 108 Å². The van der Waals surface area contributed by atoms with Gasteiger partial charge in [0.2, 0.25) is 0 Å². The molecule has 0 amide bonds. The molecule has 0 aliphatic carbocycles. The Balaban J connectivity index is 1.46. The number of hydrogen-bond donors (Lipinski definition) is 1. The van der Waals surface area contributed by atoms with E-state index in [1.54, 1.807) is 0 Å². The van der Waals surface area contributed by atoms with Crippen LogP contribution in [-0.4, -0.2) is 30.7 Å². The summed E-state index contributed by atoms with van der Waals surface area (Å²) in [5.41, 5.74) is 1.26.